The molecule has 0 aliphatic rings. The molecule has 1 amide bonds. The number of hydrogen-bond acceptors (Lipinski definition) is 6. The number of benzene rings is 4. The first-order valence-corrected chi connectivity index (χ1v) is 14.2. The second-order valence-corrected chi connectivity index (χ2v) is 10.0. The van der Waals surface area contributed by atoms with Gasteiger partial charge >= 0.3 is 0 Å². The average molecular weight is 628 g/mol. The molecule has 0 saturated heterocycles. The van der Waals surface area contributed by atoms with Crippen LogP contribution < -0.4 is 24.3 Å². The average Bonchev–Trinajstić information content (AvgIpc) is 3.02. The molecular weight excluding hydrogens is 596 g/mol. The molecule has 4 rings (SSSR count). The molecule has 214 valence electrons. The highest BCUT2D eigenvalue weighted by atomic mass is 79.9. The van der Waals surface area contributed by atoms with Crippen LogP contribution in [0.4, 0.5) is 0 Å². The Balaban J connectivity index is 1.45. The number of hydrogen-bond donors (Lipinski definition) is 1. The van der Waals surface area contributed by atoms with Crippen LogP contribution in [0.1, 0.15) is 29.2 Å². The van der Waals surface area contributed by atoms with Crippen LogP contribution in [0.2, 0.25) is 0 Å². The zero-order valence-corrected chi connectivity index (χ0v) is 25.0. The zero-order valence-electron chi connectivity index (χ0n) is 23.4. The van der Waals surface area contributed by atoms with Gasteiger partial charge in [-0.3, -0.25) is 4.79 Å². The molecule has 0 aliphatic carbocycles. The lowest BCUT2D eigenvalue weighted by atomic mass is 10.1. The molecule has 0 atom stereocenters. The van der Waals surface area contributed by atoms with E-state index in [9.17, 15) is 10.1 Å². The van der Waals surface area contributed by atoms with Gasteiger partial charge in [0.1, 0.15) is 24.9 Å². The van der Waals surface area contributed by atoms with E-state index in [0.717, 1.165) is 16.7 Å². The van der Waals surface area contributed by atoms with E-state index in [1.54, 1.807) is 12.1 Å². The Morgan fingerprint density at radius 3 is 2.19 bits per heavy atom. The minimum Gasteiger partial charge on any atom is -0.493 e. The van der Waals surface area contributed by atoms with Crippen LogP contribution in [-0.4, -0.2) is 19.6 Å². The minimum absolute atomic E-state index is 0.0217. The van der Waals surface area contributed by atoms with Gasteiger partial charge in [-0.2, -0.15) is 5.26 Å². The first-order valence-electron chi connectivity index (χ1n) is 13.4. The second-order valence-electron chi connectivity index (χ2n) is 9.15. The number of halogens is 1. The SMILES string of the molecule is CCOc1cc(COc2c(Br)cc(/C=C(\C#N)C(=O)NCc3ccccc3)cc2OC)ccc1OCc1ccccc1. The summed E-state index contributed by atoms with van der Waals surface area (Å²) in [6.07, 6.45) is 1.51. The van der Waals surface area contributed by atoms with Crippen LogP contribution in [0.3, 0.4) is 0 Å². The summed E-state index contributed by atoms with van der Waals surface area (Å²) in [4.78, 5) is 12.6. The summed E-state index contributed by atoms with van der Waals surface area (Å²) in [6.45, 7) is 3.42. The lowest BCUT2D eigenvalue weighted by molar-refractivity contribution is -0.117. The van der Waals surface area contributed by atoms with Crippen LogP contribution in [0.25, 0.3) is 6.08 Å². The number of nitrogens with one attached hydrogen (secondary N) is 1. The van der Waals surface area contributed by atoms with Gasteiger partial charge in [-0.1, -0.05) is 66.7 Å². The number of amides is 1. The highest BCUT2D eigenvalue weighted by Gasteiger charge is 2.15. The van der Waals surface area contributed by atoms with Crippen molar-refractivity contribution in [2.24, 2.45) is 0 Å². The molecule has 0 aromatic heterocycles. The first-order chi connectivity index (χ1) is 20.5. The van der Waals surface area contributed by atoms with E-state index >= 15 is 0 Å². The molecule has 0 aliphatic heterocycles. The predicted octanol–water partition coefficient (Wildman–Crippen LogP) is 7.24. The number of methoxy groups -OCH3 is 1. The standard InChI is InChI=1S/C34H31BrN2O5/c1-3-40-31-18-26(14-15-30(31)41-22-25-12-8-5-9-13-25)23-42-33-29(35)17-27(19-32(33)39-2)16-28(20-36)34(38)37-21-24-10-6-4-7-11-24/h4-19H,3,21-23H2,1-2H3,(H,37,38)/b28-16+. The monoisotopic (exact) mass is 626 g/mol. The van der Waals surface area contributed by atoms with Crippen molar-refractivity contribution in [2.45, 2.75) is 26.7 Å². The molecule has 0 radical (unpaired) electrons. The quantitative estimate of drug-likeness (QED) is 0.124. The lowest BCUT2D eigenvalue weighted by Crippen LogP contribution is -2.23. The molecule has 0 heterocycles. The third kappa shape index (κ3) is 8.38. The summed E-state index contributed by atoms with van der Waals surface area (Å²) < 4.78 is 24.2. The summed E-state index contributed by atoms with van der Waals surface area (Å²) >= 11 is 3.55. The highest BCUT2D eigenvalue weighted by molar-refractivity contribution is 9.10. The Hall–Kier alpha value is -4.74. The molecule has 8 heteroatoms. The number of nitriles is 1. The lowest BCUT2D eigenvalue weighted by Gasteiger charge is -2.16. The molecule has 7 nitrogen and oxygen atoms in total. The van der Waals surface area contributed by atoms with Crippen LogP contribution in [-0.2, 0) is 24.6 Å². The number of carbonyl (C=O) groups excluding carboxylic acids is 1. The Morgan fingerprint density at radius 1 is 0.833 bits per heavy atom. The van der Waals surface area contributed by atoms with Crippen molar-refractivity contribution in [3.63, 3.8) is 0 Å². The number of ether oxygens (including phenoxy) is 4. The van der Waals surface area contributed by atoms with Crippen molar-refractivity contribution in [3.8, 4) is 29.1 Å². The van der Waals surface area contributed by atoms with E-state index in [0.29, 0.717) is 52.8 Å². The summed E-state index contributed by atoms with van der Waals surface area (Å²) in [5, 5.41) is 12.4. The number of rotatable bonds is 13. The fraction of sp³-hybridized carbons (Fsp3) is 0.176. The topological polar surface area (TPSA) is 89.8 Å². The predicted molar refractivity (Wildman–Crippen MR) is 165 cm³/mol. The summed E-state index contributed by atoms with van der Waals surface area (Å²) in [6, 6.07) is 30.6. The largest absolute Gasteiger partial charge is 0.493 e. The Kier molecular flexibility index (Phi) is 11.0. The molecule has 42 heavy (non-hydrogen) atoms. The van der Waals surface area contributed by atoms with Gasteiger partial charge in [0.15, 0.2) is 23.0 Å². The van der Waals surface area contributed by atoms with Gasteiger partial charge in [0.25, 0.3) is 5.91 Å². The molecule has 1 N–H and O–H groups in total. The summed E-state index contributed by atoms with van der Waals surface area (Å²) in [5.74, 6) is 1.77. The van der Waals surface area contributed by atoms with Crippen molar-refractivity contribution in [1.29, 1.82) is 5.26 Å². The fourth-order valence-electron chi connectivity index (χ4n) is 4.07. The molecular formula is C34H31BrN2O5. The Morgan fingerprint density at radius 2 is 1.52 bits per heavy atom. The van der Waals surface area contributed by atoms with Gasteiger partial charge in [0, 0.05) is 6.54 Å². The van der Waals surface area contributed by atoms with Gasteiger partial charge in [0.2, 0.25) is 0 Å². The molecule has 0 bridgehead atoms. The maximum Gasteiger partial charge on any atom is 0.262 e. The maximum atomic E-state index is 12.6. The van der Waals surface area contributed by atoms with Crippen LogP contribution in [0.15, 0.2) is 101 Å². The van der Waals surface area contributed by atoms with Crippen LogP contribution in [0.5, 0.6) is 23.0 Å². The van der Waals surface area contributed by atoms with E-state index < -0.39 is 5.91 Å². The second kappa shape index (κ2) is 15.3. The van der Waals surface area contributed by atoms with Crippen molar-refractivity contribution >= 4 is 27.9 Å². The van der Waals surface area contributed by atoms with E-state index in [-0.39, 0.29) is 12.2 Å². The van der Waals surface area contributed by atoms with E-state index in [1.165, 1.54) is 13.2 Å². The highest BCUT2D eigenvalue weighted by Crippen LogP contribution is 2.38. The van der Waals surface area contributed by atoms with E-state index in [2.05, 4.69) is 21.2 Å². The van der Waals surface area contributed by atoms with Crippen LogP contribution in [0, 0.1) is 11.3 Å². The van der Waals surface area contributed by atoms with E-state index in [4.69, 9.17) is 18.9 Å². The summed E-state index contributed by atoms with van der Waals surface area (Å²) in [5.41, 5.74) is 3.47. The molecule has 4 aromatic rings. The molecule has 0 fully saturated rings. The zero-order chi connectivity index (χ0) is 29.7. The van der Waals surface area contributed by atoms with Crippen molar-refractivity contribution < 1.29 is 23.7 Å². The Labute approximate surface area is 254 Å². The fourth-order valence-corrected chi connectivity index (χ4v) is 4.65. The Bertz CT molecular complexity index is 1570. The van der Waals surface area contributed by atoms with Crippen molar-refractivity contribution in [1.82, 2.24) is 5.32 Å². The molecule has 0 unspecified atom stereocenters. The third-order valence-corrected chi connectivity index (χ3v) is 6.74. The summed E-state index contributed by atoms with van der Waals surface area (Å²) in [7, 11) is 1.53. The molecule has 0 spiro atoms. The van der Waals surface area contributed by atoms with Gasteiger partial charge < -0.3 is 24.3 Å². The molecule has 4 aromatic carbocycles. The van der Waals surface area contributed by atoms with Gasteiger partial charge in [-0.25, -0.2) is 0 Å². The minimum atomic E-state index is -0.460. The number of nitrogens with zero attached hydrogens (tertiary/aromatic N) is 1. The van der Waals surface area contributed by atoms with Crippen molar-refractivity contribution in [2.75, 3.05) is 13.7 Å². The number of carbonyl (C=O) groups is 1. The molecule has 0 saturated carbocycles. The smallest absolute Gasteiger partial charge is 0.262 e. The van der Waals surface area contributed by atoms with Gasteiger partial charge in [-0.15, -0.1) is 0 Å². The maximum absolute atomic E-state index is 12.6. The van der Waals surface area contributed by atoms with Crippen molar-refractivity contribution in [3.05, 3.63) is 123 Å². The van der Waals surface area contributed by atoms with E-state index in [1.807, 2.05) is 91.9 Å². The first kappa shape index (κ1) is 30.2. The van der Waals surface area contributed by atoms with Crippen LogP contribution >= 0.6 is 15.9 Å². The third-order valence-electron chi connectivity index (χ3n) is 6.15. The van der Waals surface area contributed by atoms with Gasteiger partial charge in [-0.05, 0) is 75.4 Å². The van der Waals surface area contributed by atoms with Gasteiger partial charge in [0.05, 0.1) is 18.2 Å². The normalized spacial score (nSPS) is 10.9.